The summed E-state index contributed by atoms with van der Waals surface area (Å²) in [6.07, 6.45) is 1.80. The smallest absolute Gasteiger partial charge is 0.354 e. The van der Waals surface area contributed by atoms with Crippen LogP contribution in [0.15, 0.2) is 11.8 Å². The summed E-state index contributed by atoms with van der Waals surface area (Å²) >= 11 is 0. The number of nitrogens with zero attached hydrogens (tertiary/aromatic N) is 1. The van der Waals surface area contributed by atoms with Gasteiger partial charge in [0.05, 0.1) is 6.61 Å². The van der Waals surface area contributed by atoms with Crippen molar-refractivity contribution in [3.8, 4) is 0 Å². The Labute approximate surface area is 66.6 Å². The van der Waals surface area contributed by atoms with Gasteiger partial charge in [-0.1, -0.05) is 6.08 Å². The number of hydrogen-bond donors (Lipinski definition) is 0. The molecule has 0 atom stereocenters. The fourth-order valence-corrected chi connectivity index (χ4v) is 0.925. The molecular weight excluding hydrogens is 142 g/mol. The topological polar surface area (TPSA) is 29.3 Å². The average Bonchev–Trinajstić information content (AvgIpc) is 2.73. The van der Waals surface area contributed by atoms with Gasteiger partial charge in [-0.25, -0.2) is 4.79 Å². The summed E-state index contributed by atoms with van der Waals surface area (Å²) in [6, 6.07) is 0. The fraction of sp³-hybridized carbons (Fsp3) is 0.625. The van der Waals surface area contributed by atoms with Crippen LogP contribution in [0, 0.1) is 0 Å². The van der Waals surface area contributed by atoms with E-state index in [-0.39, 0.29) is 5.97 Å². The lowest BCUT2D eigenvalue weighted by atomic mass is 10.4. The summed E-state index contributed by atoms with van der Waals surface area (Å²) < 4.78 is 4.85. The van der Waals surface area contributed by atoms with E-state index in [1.165, 1.54) is 0 Å². The Bertz CT molecular complexity index is 183. The van der Waals surface area contributed by atoms with E-state index in [4.69, 9.17) is 4.74 Å². The summed E-state index contributed by atoms with van der Waals surface area (Å²) in [5.74, 6) is -0.201. The molecule has 62 valence electrons. The summed E-state index contributed by atoms with van der Waals surface area (Å²) in [4.78, 5) is 13.1. The van der Waals surface area contributed by atoms with Crippen molar-refractivity contribution in [1.29, 1.82) is 0 Å². The lowest BCUT2D eigenvalue weighted by molar-refractivity contribution is -0.139. The van der Waals surface area contributed by atoms with Gasteiger partial charge in [0.2, 0.25) is 0 Å². The molecule has 0 aromatic heterocycles. The first-order valence-electron chi connectivity index (χ1n) is 3.88. The van der Waals surface area contributed by atoms with Crippen LogP contribution in [0.1, 0.15) is 13.8 Å². The van der Waals surface area contributed by atoms with Crippen molar-refractivity contribution < 1.29 is 9.53 Å². The van der Waals surface area contributed by atoms with Crippen LogP contribution in [0.5, 0.6) is 0 Å². The zero-order chi connectivity index (χ0) is 8.27. The van der Waals surface area contributed by atoms with Crippen molar-refractivity contribution in [3.63, 3.8) is 0 Å². The van der Waals surface area contributed by atoms with Gasteiger partial charge in [-0.2, -0.15) is 0 Å². The highest BCUT2D eigenvalue weighted by Gasteiger charge is 2.25. The minimum Gasteiger partial charge on any atom is -0.461 e. The quantitative estimate of drug-likeness (QED) is 0.342. The number of ether oxygens (including phenoxy) is 1. The van der Waals surface area contributed by atoms with Gasteiger partial charge in [0.15, 0.2) is 0 Å². The molecule has 0 aliphatic carbocycles. The van der Waals surface area contributed by atoms with Crippen LogP contribution in [-0.2, 0) is 9.53 Å². The highest BCUT2D eigenvalue weighted by atomic mass is 16.5. The third kappa shape index (κ3) is 1.97. The van der Waals surface area contributed by atoms with Gasteiger partial charge in [-0.3, -0.25) is 0 Å². The Kier molecular flexibility index (Phi) is 2.52. The van der Waals surface area contributed by atoms with Crippen LogP contribution < -0.4 is 0 Å². The molecule has 1 fully saturated rings. The molecule has 0 bridgehead atoms. The molecule has 1 heterocycles. The Morgan fingerprint density at radius 3 is 2.64 bits per heavy atom. The molecule has 0 N–H and O–H groups in total. The first-order valence-corrected chi connectivity index (χ1v) is 3.88. The molecule has 0 aromatic rings. The third-order valence-electron chi connectivity index (χ3n) is 1.55. The van der Waals surface area contributed by atoms with Crippen molar-refractivity contribution in [3.05, 3.63) is 11.8 Å². The minimum absolute atomic E-state index is 0.201. The van der Waals surface area contributed by atoms with E-state index in [2.05, 4.69) is 0 Å². The van der Waals surface area contributed by atoms with E-state index in [0.717, 1.165) is 13.1 Å². The molecule has 0 aromatic carbocycles. The monoisotopic (exact) mass is 155 g/mol. The molecule has 0 spiro atoms. The zero-order valence-corrected chi connectivity index (χ0v) is 6.96. The first-order chi connectivity index (χ1) is 5.29. The summed E-state index contributed by atoms with van der Waals surface area (Å²) in [5, 5.41) is 0. The number of esters is 1. The van der Waals surface area contributed by atoms with Gasteiger partial charge in [-0.15, -0.1) is 0 Å². The van der Waals surface area contributed by atoms with E-state index >= 15 is 0 Å². The van der Waals surface area contributed by atoms with Gasteiger partial charge in [0.1, 0.15) is 5.70 Å². The molecule has 1 aliphatic heterocycles. The van der Waals surface area contributed by atoms with Crippen molar-refractivity contribution in [2.75, 3.05) is 19.7 Å². The Hall–Kier alpha value is -0.990. The van der Waals surface area contributed by atoms with Crippen molar-refractivity contribution in [2.24, 2.45) is 0 Å². The van der Waals surface area contributed by atoms with Gasteiger partial charge in [0.25, 0.3) is 0 Å². The molecule has 0 saturated carbocycles. The second-order valence-electron chi connectivity index (χ2n) is 2.38. The van der Waals surface area contributed by atoms with Crippen molar-refractivity contribution >= 4 is 5.97 Å². The first kappa shape index (κ1) is 8.11. The van der Waals surface area contributed by atoms with Gasteiger partial charge < -0.3 is 9.64 Å². The largest absolute Gasteiger partial charge is 0.461 e. The number of carbonyl (C=O) groups is 1. The molecule has 1 rings (SSSR count). The zero-order valence-electron chi connectivity index (χ0n) is 6.96. The lowest BCUT2D eigenvalue weighted by Crippen LogP contribution is -2.13. The maximum absolute atomic E-state index is 11.1. The molecule has 0 unspecified atom stereocenters. The van der Waals surface area contributed by atoms with Crippen LogP contribution in [0.25, 0.3) is 0 Å². The van der Waals surface area contributed by atoms with Crippen molar-refractivity contribution in [2.45, 2.75) is 13.8 Å². The molecule has 0 amide bonds. The third-order valence-corrected chi connectivity index (χ3v) is 1.55. The molecule has 3 nitrogen and oxygen atoms in total. The number of allylic oxidation sites excluding steroid dienone is 1. The molecule has 1 aliphatic rings. The number of carbonyl (C=O) groups excluding carboxylic acids is 1. The maximum atomic E-state index is 11.1. The van der Waals surface area contributed by atoms with Gasteiger partial charge >= 0.3 is 5.97 Å². The fourth-order valence-electron chi connectivity index (χ4n) is 0.925. The number of hydrogen-bond acceptors (Lipinski definition) is 3. The Morgan fingerprint density at radius 2 is 2.27 bits per heavy atom. The second kappa shape index (κ2) is 3.42. The summed E-state index contributed by atoms with van der Waals surface area (Å²) in [6.45, 7) is 6.08. The Balaban J connectivity index is 2.47. The maximum Gasteiger partial charge on any atom is 0.354 e. The second-order valence-corrected chi connectivity index (χ2v) is 2.38. The van der Waals surface area contributed by atoms with E-state index in [1.807, 2.05) is 18.7 Å². The molecule has 1 saturated heterocycles. The van der Waals surface area contributed by atoms with E-state index < -0.39 is 0 Å². The predicted octanol–water partition coefficient (Wildman–Crippen LogP) is 0.769. The van der Waals surface area contributed by atoms with Crippen molar-refractivity contribution in [1.82, 2.24) is 4.90 Å². The van der Waals surface area contributed by atoms with Crippen LogP contribution in [0.2, 0.25) is 0 Å². The van der Waals surface area contributed by atoms with E-state index in [1.54, 1.807) is 6.08 Å². The lowest BCUT2D eigenvalue weighted by Gasteiger charge is -2.06. The van der Waals surface area contributed by atoms with E-state index in [0.29, 0.717) is 12.3 Å². The Morgan fingerprint density at radius 1 is 1.64 bits per heavy atom. The highest BCUT2D eigenvalue weighted by Crippen LogP contribution is 2.15. The van der Waals surface area contributed by atoms with Gasteiger partial charge in [-0.05, 0) is 13.8 Å². The normalized spacial score (nSPS) is 16.5. The summed E-state index contributed by atoms with van der Waals surface area (Å²) in [7, 11) is 0. The summed E-state index contributed by atoms with van der Waals surface area (Å²) in [5.41, 5.74) is 0.701. The molecule has 11 heavy (non-hydrogen) atoms. The predicted molar refractivity (Wildman–Crippen MR) is 42.0 cm³/mol. The minimum atomic E-state index is -0.201. The molecule has 3 heteroatoms. The van der Waals surface area contributed by atoms with Crippen LogP contribution in [0.4, 0.5) is 0 Å². The van der Waals surface area contributed by atoms with E-state index in [9.17, 15) is 4.79 Å². The van der Waals surface area contributed by atoms with Crippen LogP contribution in [-0.4, -0.2) is 30.6 Å². The average molecular weight is 155 g/mol. The standard InChI is InChI=1S/C8H13NO2/c1-3-7(9-5-6-9)8(10)11-4-2/h3H,4-6H2,1-2H3. The van der Waals surface area contributed by atoms with Gasteiger partial charge in [0, 0.05) is 13.1 Å². The number of rotatable bonds is 3. The van der Waals surface area contributed by atoms with Crippen LogP contribution in [0.3, 0.4) is 0 Å². The molecular formula is C8H13NO2. The highest BCUT2D eigenvalue weighted by molar-refractivity contribution is 5.88. The van der Waals surface area contributed by atoms with Crippen LogP contribution >= 0.6 is 0 Å². The SMILES string of the molecule is CC=C(C(=O)OCC)N1CC1. The molecule has 0 radical (unpaired) electrons.